The number of carbonyl (C=O) groups excluding carboxylic acids is 1. The lowest BCUT2D eigenvalue weighted by molar-refractivity contribution is -0.938. The minimum Gasteiger partial charge on any atom is -1.00 e. The van der Waals surface area contributed by atoms with E-state index in [9.17, 15) is 24.9 Å². The van der Waals surface area contributed by atoms with Crippen molar-refractivity contribution >= 4 is 74.3 Å². The number of aliphatic hydroxyl groups excluding tert-OH is 1. The van der Waals surface area contributed by atoms with Crippen molar-refractivity contribution in [1.82, 2.24) is 0 Å². The number of esters is 1. The number of hydrogen-bond donors (Lipinski definition) is 4. The molecule has 6 saturated heterocycles. The van der Waals surface area contributed by atoms with Crippen LogP contribution >= 0.6 is 62.3 Å². The van der Waals surface area contributed by atoms with E-state index >= 15 is 0 Å². The SMILES string of the molecule is Br.C[N+]1(C)C2CC(O)CC1C1OC12.C[N+]1(C)C2CC(OC(=O)C(O)(c3cccs3)c3cccs3)CC1C1OC12.O=C(O)C(O)(c1cccs1)c1cccs1.[Br-]. The van der Waals surface area contributed by atoms with E-state index in [1.807, 2.05) is 22.9 Å². The molecular weight excluding hydrogens is 916 g/mol. The smallest absolute Gasteiger partial charge is 0.349 e. The standard InChI is InChI=1S/C19H22NO4S2.C10H8O3S2.C9H16NO2.2BrH/c1-20(2)12-9-11(10-13(20)17-16(12)24-17)23-18(21)19(22,14-5-3-7-25-14)15-6-4-8-26-15;11-9(12)10(13,7-3-1-5-14-7)8-4-2-6-15-8;1-10(2)6-3-5(11)4-7(10)9-8(6)12-9;;/h3-8,11-13,16-17,22H,9-10H2,1-2H3;1-6,13H,(H,11,12);5-9,11H,3-4H2,1-2H3;2*1H/q+1;;+1;;/p-1. The van der Waals surface area contributed by atoms with E-state index in [-0.39, 0.29) is 46.2 Å². The molecule has 0 radical (unpaired) electrons. The van der Waals surface area contributed by atoms with Crippen LogP contribution in [0.4, 0.5) is 0 Å². The van der Waals surface area contributed by atoms with E-state index in [1.54, 1.807) is 47.2 Å². The first kappa shape index (κ1) is 43.0. The van der Waals surface area contributed by atoms with Crippen molar-refractivity contribution in [2.75, 3.05) is 28.2 Å². The van der Waals surface area contributed by atoms with Gasteiger partial charge in [-0.05, 0) is 45.8 Å². The van der Waals surface area contributed by atoms with E-state index in [4.69, 9.17) is 19.3 Å². The molecule has 17 heteroatoms. The number of carboxylic acid groups (broad SMARTS) is 1. The molecule has 6 aliphatic heterocycles. The molecule has 0 amide bonds. The van der Waals surface area contributed by atoms with Gasteiger partial charge in [-0.1, -0.05) is 24.3 Å². The Morgan fingerprint density at radius 1 is 0.655 bits per heavy atom. The Kier molecular flexibility index (Phi) is 12.4. The fraction of sp³-hybridized carbons (Fsp3) is 0.526. The van der Waals surface area contributed by atoms with Gasteiger partial charge in [0, 0.05) is 25.7 Å². The molecule has 55 heavy (non-hydrogen) atoms. The maximum atomic E-state index is 13.1. The summed E-state index contributed by atoms with van der Waals surface area (Å²) in [7, 11) is 9.04. The minimum absolute atomic E-state index is 0. The normalized spacial score (nSPS) is 32.4. The topological polar surface area (TPSA) is 149 Å². The van der Waals surface area contributed by atoms with Gasteiger partial charge in [0.2, 0.25) is 11.2 Å². The molecule has 4 bridgehead atoms. The number of likely N-dealkylation sites (N-methyl/N-ethyl adjacent to an activating group) is 2. The van der Waals surface area contributed by atoms with Crippen molar-refractivity contribution in [3.8, 4) is 0 Å². The quantitative estimate of drug-likeness (QED) is 0.124. The molecule has 10 heterocycles. The van der Waals surface area contributed by atoms with Gasteiger partial charge in [-0.15, -0.1) is 62.3 Å². The van der Waals surface area contributed by atoms with E-state index in [1.165, 1.54) is 45.3 Å². The zero-order valence-corrected chi connectivity index (χ0v) is 37.2. The summed E-state index contributed by atoms with van der Waals surface area (Å²) in [4.78, 5) is 26.4. The number of thiophene rings is 4. The fourth-order valence-corrected chi connectivity index (χ4v) is 12.8. The number of morpholine rings is 2. The number of carboxylic acids is 1. The predicted molar refractivity (Wildman–Crippen MR) is 212 cm³/mol. The fourth-order valence-electron chi connectivity index (χ4n) is 9.35. The summed E-state index contributed by atoms with van der Waals surface area (Å²) >= 11 is 5.21. The second kappa shape index (κ2) is 15.9. The summed E-state index contributed by atoms with van der Waals surface area (Å²) in [5.41, 5.74) is -3.62. The Morgan fingerprint density at radius 2 is 0.982 bits per heavy atom. The number of carbonyl (C=O) groups is 2. The first-order valence-corrected chi connectivity index (χ1v) is 21.4. The highest BCUT2D eigenvalue weighted by molar-refractivity contribution is 8.93. The largest absolute Gasteiger partial charge is 1.00 e. The number of rotatable bonds is 7. The maximum Gasteiger partial charge on any atom is 0.349 e. The molecule has 0 aromatic carbocycles. The Labute approximate surface area is 357 Å². The highest BCUT2D eigenvalue weighted by atomic mass is 79.9. The van der Waals surface area contributed by atoms with Crippen molar-refractivity contribution in [2.24, 2.45) is 0 Å². The molecular formula is C38H47Br2N2O9S4+. The number of piperidine rings is 2. The van der Waals surface area contributed by atoms with Gasteiger partial charge >= 0.3 is 11.9 Å². The number of epoxide rings is 2. The zero-order chi connectivity index (χ0) is 37.5. The molecule has 4 N–H and O–H groups in total. The van der Waals surface area contributed by atoms with Crippen LogP contribution in [0.3, 0.4) is 0 Å². The van der Waals surface area contributed by atoms with Crippen LogP contribution in [0, 0.1) is 0 Å². The number of quaternary nitrogens is 2. The molecule has 11 nitrogen and oxygen atoms in total. The lowest BCUT2D eigenvalue weighted by Crippen LogP contribution is -3.00. The van der Waals surface area contributed by atoms with Crippen LogP contribution in [0.15, 0.2) is 70.1 Å². The molecule has 4 aromatic rings. The number of ether oxygens (including phenoxy) is 3. The number of nitrogens with zero attached hydrogens (tertiary/aromatic N) is 2. The zero-order valence-electron chi connectivity index (χ0n) is 30.7. The highest BCUT2D eigenvalue weighted by Gasteiger charge is 2.71. The summed E-state index contributed by atoms with van der Waals surface area (Å²) < 4.78 is 19.3. The van der Waals surface area contributed by atoms with Crippen molar-refractivity contribution in [3.63, 3.8) is 0 Å². The summed E-state index contributed by atoms with van der Waals surface area (Å²) in [6.45, 7) is 0. The average molecular weight is 964 g/mol. The van der Waals surface area contributed by atoms with Gasteiger partial charge in [-0.25, -0.2) is 9.59 Å². The number of aliphatic hydroxyl groups is 3. The second-order valence-corrected chi connectivity index (χ2v) is 19.7. The second-order valence-electron chi connectivity index (χ2n) is 15.9. The van der Waals surface area contributed by atoms with Gasteiger partial charge in [-0.3, -0.25) is 0 Å². The van der Waals surface area contributed by atoms with E-state index < -0.39 is 23.1 Å². The van der Waals surface area contributed by atoms with E-state index in [2.05, 4.69) is 28.2 Å². The summed E-state index contributed by atoms with van der Waals surface area (Å²) in [5.74, 6) is -1.80. The van der Waals surface area contributed by atoms with Crippen molar-refractivity contribution in [3.05, 3.63) is 89.6 Å². The molecule has 0 saturated carbocycles. The Bertz CT molecular complexity index is 1800. The highest BCUT2D eigenvalue weighted by Crippen LogP contribution is 2.53. The Hall–Kier alpha value is -1.58. The first-order valence-electron chi connectivity index (χ1n) is 17.9. The number of halogens is 2. The Balaban J connectivity index is 0.000000151. The van der Waals surface area contributed by atoms with Crippen LogP contribution in [-0.4, -0.2) is 130 Å². The van der Waals surface area contributed by atoms with Crippen LogP contribution in [-0.2, 0) is 35.0 Å². The molecule has 8 unspecified atom stereocenters. The van der Waals surface area contributed by atoms with Crippen LogP contribution in [0.2, 0.25) is 0 Å². The van der Waals surface area contributed by atoms with Crippen LogP contribution in [0.1, 0.15) is 45.2 Å². The Morgan fingerprint density at radius 3 is 1.29 bits per heavy atom. The van der Waals surface area contributed by atoms with Crippen molar-refractivity contribution in [1.29, 1.82) is 0 Å². The van der Waals surface area contributed by atoms with Crippen molar-refractivity contribution < 1.29 is 70.2 Å². The number of aliphatic carboxylic acids is 1. The molecule has 300 valence electrons. The molecule has 0 spiro atoms. The summed E-state index contributed by atoms with van der Waals surface area (Å²) in [5, 5.41) is 47.6. The van der Waals surface area contributed by atoms with Crippen LogP contribution < -0.4 is 17.0 Å². The van der Waals surface area contributed by atoms with Gasteiger partial charge in [0.15, 0.2) is 0 Å². The number of hydrogen-bond acceptors (Lipinski definition) is 12. The van der Waals surface area contributed by atoms with Gasteiger partial charge in [0.25, 0.3) is 0 Å². The molecule has 8 atom stereocenters. The maximum absolute atomic E-state index is 13.1. The third kappa shape index (κ3) is 7.38. The lowest BCUT2D eigenvalue weighted by atomic mass is 9.95. The summed E-state index contributed by atoms with van der Waals surface area (Å²) in [6, 6.07) is 15.8. The van der Waals surface area contributed by atoms with E-state index in [0.717, 1.165) is 34.6 Å². The molecule has 6 aliphatic rings. The first-order chi connectivity index (χ1) is 25.2. The van der Waals surface area contributed by atoms with Crippen LogP contribution in [0.5, 0.6) is 0 Å². The summed E-state index contributed by atoms with van der Waals surface area (Å²) in [6.07, 6.45) is 4.80. The molecule has 0 aliphatic carbocycles. The average Bonchev–Trinajstić information content (AvgIpc) is 3.58. The van der Waals surface area contributed by atoms with Gasteiger partial charge in [0.05, 0.1) is 53.8 Å². The number of fused-ring (bicyclic) bond motifs is 10. The predicted octanol–water partition coefficient (Wildman–Crippen LogP) is 1.79. The minimum atomic E-state index is -1.90. The lowest BCUT2D eigenvalue weighted by Gasteiger charge is -2.45. The van der Waals surface area contributed by atoms with Gasteiger partial charge < -0.3 is 60.6 Å². The van der Waals surface area contributed by atoms with Crippen molar-refractivity contribution in [2.45, 2.75) is 97.7 Å². The molecule has 6 fully saturated rings. The van der Waals surface area contributed by atoms with Crippen LogP contribution in [0.25, 0.3) is 0 Å². The third-order valence-electron chi connectivity index (χ3n) is 12.5. The monoisotopic (exact) mass is 961 g/mol. The third-order valence-corrected chi connectivity index (χ3v) is 16.4. The van der Waals surface area contributed by atoms with Gasteiger partial charge in [-0.2, -0.15) is 0 Å². The van der Waals surface area contributed by atoms with E-state index in [0.29, 0.717) is 68.1 Å². The molecule has 4 aromatic heterocycles. The molecule has 10 rings (SSSR count). The van der Waals surface area contributed by atoms with Gasteiger partial charge in [0.1, 0.15) is 54.7 Å².